The Labute approximate surface area is 134 Å². The van der Waals surface area contributed by atoms with Crippen molar-refractivity contribution in [3.05, 3.63) is 29.8 Å². The lowest BCUT2D eigenvalue weighted by atomic mass is 9.48. The van der Waals surface area contributed by atoms with Crippen molar-refractivity contribution in [3.8, 4) is 5.75 Å². The Bertz CT molecular complexity index is 500. The van der Waals surface area contributed by atoms with Gasteiger partial charge in [-0.2, -0.15) is 0 Å². The van der Waals surface area contributed by atoms with Crippen molar-refractivity contribution in [2.75, 3.05) is 13.2 Å². The molecule has 0 amide bonds. The van der Waals surface area contributed by atoms with Crippen molar-refractivity contribution in [2.45, 2.75) is 52.1 Å². The second kappa shape index (κ2) is 6.59. The van der Waals surface area contributed by atoms with Crippen molar-refractivity contribution in [2.24, 2.45) is 17.3 Å². The van der Waals surface area contributed by atoms with E-state index in [4.69, 9.17) is 9.84 Å². The summed E-state index contributed by atoms with van der Waals surface area (Å²) in [6.07, 6.45) is 5.60. The van der Waals surface area contributed by atoms with Gasteiger partial charge in [-0.3, -0.25) is 0 Å². The summed E-state index contributed by atoms with van der Waals surface area (Å²) in [5.74, 6) is 2.65. The van der Waals surface area contributed by atoms with Crippen LogP contribution in [0.1, 0.15) is 45.1 Å². The van der Waals surface area contributed by atoms with Gasteiger partial charge in [0.05, 0.1) is 6.61 Å². The Hall–Kier alpha value is -1.06. The summed E-state index contributed by atoms with van der Waals surface area (Å²) in [5, 5.41) is 12.7. The van der Waals surface area contributed by atoms with E-state index in [1.165, 1.54) is 31.2 Å². The SMILES string of the molecule is CC1(C)[C@H]2CCCC[C@H]2[C@@H]1NCc1ccccc1OCCO. The summed E-state index contributed by atoms with van der Waals surface area (Å²) in [6.45, 7) is 6.10. The molecule has 0 radical (unpaired) electrons. The average molecular weight is 303 g/mol. The molecule has 0 bridgehead atoms. The molecule has 2 N–H and O–H groups in total. The van der Waals surface area contributed by atoms with Crippen LogP contribution in [0.4, 0.5) is 0 Å². The summed E-state index contributed by atoms with van der Waals surface area (Å²) in [4.78, 5) is 0. The molecule has 2 aliphatic rings. The number of rotatable bonds is 6. The number of ether oxygens (including phenoxy) is 1. The molecule has 0 aromatic heterocycles. The van der Waals surface area contributed by atoms with Crippen molar-refractivity contribution >= 4 is 0 Å². The maximum atomic E-state index is 8.94. The Kier molecular flexibility index (Phi) is 4.74. The van der Waals surface area contributed by atoms with E-state index in [1.807, 2.05) is 12.1 Å². The summed E-state index contributed by atoms with van der Waals surface area (Å²) < 4.78 is 5.64. The molecular formula is C19H29NO2. The van der Waals surface area contributed by atoms with Gasteiger partial charge in [0.2, 0.25) is 0 Å². The third-order valence-electron chi connectivity index (χ3n) is 5.84. The summed E-state index contributed by atoms with van der Waals surface area (Å²) in [6, 6.07) is 8.76. The number of hydrogen-bond donors (Lipinski definition) is 2. The lowest BCUT2D eigenvalue weighted by Gasteiger charge is -2.61. The van der Waals surface area contributed by atoms with E-state index >= 15 is 0 Å². The van der Waals surface area contributed by atoms with Gasteiger partial charge in [0.1, 0.15) is 12.4 Å². The van der Waals surface area contributed by atoms with Gasteiger partial charge in [-0.05, 0) is 36.2 Å². The number of nitrogens with one attached hydrogen (secondary N) is 1. The minimum absolute atomic E-state index is 0.0567. The fraction of sp³-hybridized carbons (Fsp3) is 0.684. The Morgan fingerprint density at radius 2 is 2.00 bits per heavy atom. The molecule has 2 aliphatic carbocycles. The Morgan fingerprint density at radius 1 is 1.23 bits per heavy atom. The number of aliphatic hydroxyl groups excluding tert-OH is 1. The maximum absolute atomic E-state index is 8.94. The molecule has 1 aromatic carbocycles. The highest BCUT2D eigenvalue weighted by Gasteiger charge is 2.55. The zero-order valence-corrected chi connectivity index (χ0v) is 13.8. The third-order valence-corrected chi connectivity index (χ3v) is 5.84. The van der Waals surface area contributed by atoms with E-state index in [0.29, 0.717) is 18.1 Å². The first-order valence-corrected chi connectivity index (χ1v) is 8.69. The van der Waals surface area contributed by atoms with Crippen LogP contribution in [0, 0.1) is 17.3 Å². The number of hydrogen-bond acceptors (Lipinski definition) is 3. The first kappa shape index (κ1) is 15.8. The van der Waals surface area contributed by atoms with Gasteiger partial charge in [0, 0.05) is 18.2 Å². The van der Waals surface area contributed by atoms with E-state index in [0.717, 1.165) is 24.1 Å². The van der Waals surface area contributed by atoms with E-state index in [-0.39, 0.29) is 6.61 Å². The topological polar surface area (TPSA) is 41.5 Å². The highest BCUT2D eigenvalue weighted by molar-refractivity contribution is 5.33. The molecular weight excluding hydrogens is 274 g/mol. The van der Waals surface area contributed by atoms with Crippen LogP contribution in [-0.2, 0) is 6.54 Å². The molecule has 1 aromatic rings. The lowest BCUT2D eigenvalue weighted by molar-refractivity contribution is -0.0882. The molecule has 2 saturated carbocycles. The molecule has 3 atom stereocenters. The number of fused-ring (bicyclic) bond motifs is 1. The minimum Gasteiger partial charge on any atom is -0.491 e. The molecule has 3 rings (SSSR count). The number of para-hydroxylation sites is 1. The highest BCUT2D eigenvalue weighted by Crippen LogP contribution is 2.57. The van der Waals surface area contributed by atoms with Crippen molar-refractivity contribution in [1.82, 2.24) is 5.32 Å². The second-order valence-corrected chi connectivity index (χ2v) is 7.41. The minimum atomic E-state index is 0.0567. The van der Waals surface area contributed by atoms with Crippen LogP contribution in [0.5, 0.6) is 5.75 Å². The van der Waals surface area contributed by atoms with Crippen LogP contribution in [0.25, 0.3) is 0 Å². The Balaban J connectivity index is 1.63. The highest BCUT2D eigenvalue weighted by atomic mass is 16.5. The summed E-state index contributed by atoms with van der Waals surface area (Å²) >= 11 is 0. The van der Waals surface area contributed by atoms with E-state index in [9.17, 15) is 0 Å². The molecule has 0 saturated heterocycles. The van der Waals surface area contributed by atoms with Gasteiger partial charge in [0.15, 0.2) is 0 Å². The maximum Gasteiger partial charge on any atom is 0.123 e. The largest absolute Gasteiger partial charge is 0.491 e. The molecule has 0 heterocycles. The summed E-state index contributed by atoms with van der Waals surface area (Å²) in [7, 11) is 0. The average Bonchev–Trinajstić information content (AvgIpc) is 2.54. The van der Waals surface area contributed by atoms with E-state index in [2.05, 4.69) is 31.3 Å². The normalized spacial score (nSPS) is 29.5. The zero-order valence-electron chi connectivity index (χ0n) is 13.8. The van der Waals surface area contributed by atoms with Crippen molar-refractivity contribution in [1.29, 1.82) is 0 Å². The molecule has 22 heavy (non-hydrogen) atoms. The van der Waals surface area contributed by atoms with Gasteiger partial charge in [-0.15, -0.1) is 0 Å². The third kappa shape index (κ3) is 2.89. The monoisotopic (exact) mass is 303 g/mol. The predicted molar refractivity (Wildman–Crippen MR) is 88.9 cm³/mol. The summed E-state index contributed by atoms with van der Waals surface area (Å²) in [5.41, 5.74) is 1.59. The first-order chi connectivity index (χ1) is 10.6. The first-order valence-electron chi connectivity index (χ1n) is 8.69. The quantitative estimate of drug-likeness (QED) is 0.846. The molecule has 122 valence electrons. The molecule has 2 fully saturated rings. The number of benzene rings is 1. The smallest absolute Gasteiger partial charge is 0.123 e. The standard InChI is InChI=1S/C19H29NO2/c1-19(2)16-9-5-4-8-15(16)18(19)20-13-14-7-3-6-10-17(14)22-12-11-21/h3,6-7,10,15-16,18,20-21H,4-5,8-9,11-13H2,1-2H3/t15-,16+,18+/m1/s1. The second-order valence-electron chi connectivity index (χ2n) is 7.41. The van der Waals surface area contributed by atoms with Crippen LogP contribution in [-0.4, -0.2) is 24.4 Å². The van der Waals surface area contributed by atoms with E-state index in [1.54, 1.807) is 0 Å². The molecule has 0 spiro atoms. The fourth-order valence-electron chi connectivity index (χ4n) is 4.73. The molecule has 3 nitrogen and oxygen atoms in total. The van der Waals surface area contributed by atoms with Gasteiger partial charge >= 0.3 is 0 Å². The van der Waals surface area contributed by atoms with Gasteiger partial charge in [0.25, 0.3) is 0 Å². The van der Waals surface area contributed by atoms with Crippen LogP contribution < -0.4 is 10.1 Å². The van der Waals surface area contributed by atoms with E-state index < -0.39 is 0 Å². The van der Waals surface area contributed by atoms with Gasteiger partial charge in [-0.1, -0.05) is 44.9 Å². The zero-order chi connectivity index (χ0) is 15.6. The van der Waals surface area contributed by atoms with Crippen molar-refractivity contribution < 1.29 is 9.84 Å². The Morgan fingerprint density at radius 3 is 2.82 bits per heavy atom. The van der Waals surface area contributed by atoms with Crippen LogP contribution in [0.3, 0.4) is 0 Å². The van der Waals surface area contributed by atoms with Crippen LogP contribution in [0.15, 0.2) is 24.3 Å². The van der Waals surface area contributed by atoms with Gasteiger partial charge in [-0.25, -0.2) is 0 Å². The molecule has 0 unspecified atom stereocenters. The number of aliphatic hydroxyl groups is 1. The van der Waals surface area contributed by atoms with Crippen molar-refractivity contribution in [3.63, 3.8) is 0 Å². The van der Waals surface area contributed by atoms with Gasteiger partial charge < -0.3 is 15.2 Å². The van der Waals surface area contributed by atoms with Crippen LogP contribution in [0.2, 0.25) is 0 Å². The predicted octanol–water partition coefficient (Wildman–Crippen LogP) is 3.36. The van der Waals surface area contributed by atoms with Crippen LogP contribution >= 0.6 is 0 Å². The fourth-order valence-corrected chi connectivity index (χ4v) is 4.73. The lowest BCUT2D eigenvalue weighted by Crippen LogP contribution is -2.64. The molecule has 3 heteroatoms. The molecule has 0 aliphatic heterocycles.